The summed E-state index contributed by atoms with van der Waals surface area (Å²) in [6.45, 7) is 0.410. The van der Waals surface area contributed by atoms with Crippen molar-refractivity contribution in [3.05, 3.63) is 0 Å². The van der Waals surface area contributed by atoms with E-state index in [0.29, 0.717) is 10.7 Å². The SMILES string of the molecule is CN(C)OC(=O)[C@H](OCCBr)[C@@H](OCCBr)C(=O)ON(C)C. The average molecular weight is 450 g/mol. The third kappa shape index (κ3) is 9.01. The quantitative estimate of drug-likeness (QED) is 0.335. The highest BCUT2D eigenvalue weighted by molar-refractivity contribution is 9.09. The van der Waals surface area contributed by atoms with E-state index >= 15 is 0 Å². The zero-order valence-electron chi connectivity index (χ0n) is 13.1. The third-order valence-electron chi connectivity index (χ3n) is 2.03. The molecule has 8 nitrogen and oxygen atoms in total. The van der Waals surface area contributed by atoms with E-state index in [-0.39, 0.29) is 13.2 Å². The lowest BCUT2D eigenvalue weighted by molar-refractivity contribution is -0.215. The van der Waals surface area contributed by atoms with Gasteiger partial charge in [0.1, 0.15) is 0 Å². The zero-order valence-corrected chi connectivity index (χ0v) is 16.3. The highest BCUT2D eigenvalue weighted by Crippen LogP contribution is 2.11. The van der Waals surface area contributed by atoms with Gasteiger partial charge in [-0.25, -0.2) is 9.59 Å². The van der Waals surface area contributed by atoms with Crippen molar-refractivity contribution in [1.82, 2.24) is 10.1 Å². The fourth-order valence-electron chi connectivity index (χ4n) is 1.36. The molecule has 10 heteroatoms. The van der Waals surface area contributed by atoms with Crippen LogP contribution in [0.4, 0.5) is 0 Å². The number of hydrogen-bond acceptors (Lipinski definition) is 8. The molecule has 22 heavy (non-hydrogen) atoms. The molecule has 0 N–H and O–H groups in total. The second-order valence-corrected chi connectivity index (χ2v) is 5.99. The van der Waals surface area contributed by atoms with Crippen molar-refractivity contribution in [2.75, 3.05) is 52.1 Å². The van der Waals surface area contributed by atoms with E-state index in [9.17, 15) is 9.59 Å². The van der Waals surface area contributed by atoms with E-state index < -0.39 is 24.1 Å². The maximum Gasteiger partial charge on any atom is 0.357 e. The Morgan fingerprint density at radius 2 is 1.14 bits per heavy atom. The number of halogens is 2. The summed E-state index contributed by atoms with van der Waals surface area (Å²) in [7, 11) is 6.19. The summed E-state index contributed by atoms with van der Waals surface area (Å²) in [4.78, 5) is 34.2. The number of hydrogen-bond donors (Lipinski definition) is 0. The first kappa shape index (κ1) is 21.7. The molecule has 0 aromatic heterocycles. The minimum Gasteiger partial charge on any atom is -0.366 e. The van der Waals surface area contributed by atoms with Crippen molar-refractivity contribution < 1.29 is 28.7 Å². The van der Waals surface area contributed by atoms with Crippen LogP contribution in [0.5, 0.6) is 0 Å². The van der Waals surface area contributed by atoms with Crippen LogP contribution in [-0.4, -0.2) is 86.3 Å². The molecule has 0 amide bonds. The molecule has 0 aliphatic rings. The zero-order chi connectivity index (χ0) is 17.1. The van der Waals surface area contributed by atoms with E-state index in [1.165, 1.54) is 10.1 Å². The second-order valence-electron chi connectivity index (χ2n) is 4.41. The number of alkyl halides is 2. The van der Waals surface area contributed by atoms with Gasteiger partial charge in [0.15, 0.2) is 12.2 Å². The molecule has 0 saturated carbocycles. The van der Waals surface area contributed by atoms with Gasteiger partial charge < -0.3 is 19.1 Å². The fraction of sp³-hybridized carbons (Fsp3) is 0.833. The summed E-state index contributed by atoms with van der Waals surface area (Å²) >= 11 is 6.39. The minimum absolute atomic E-state index is 0.205. The van der Waals surface area contributed by atoms with Crippen LogP contribution >= 0.6 is 31.9 Å². The number of carbonyl (C=O) groups excluding carboxylic acids is 2. The van der Waals surface area contributed by atoms with E-state index in [0.717, 1.165) is 0 Å². The van der Waals surface area contributed by atoms with Gasteiger partial charge in [0, 0.05) is 38.9 Å². The molecule has 0 fully saturated rings. The third-order valence-corrected chi connectivity index (χ3v) is 2.68. The van der Waals surface area contributed by atoms with Crippen molar-refractivity contribution in [1.29, 1.82) is 0 Å². The molecule has 0 aliphatic heterocycles. The molecule has 0 unspecified atom stereocenters. The van der Waals surface area contributed by atoms with Gasteiger partial charge in [0.05, 0.1) is 13.2 Å². The summed E-state index contributed by atoms with van der Waals surface area (Å²) in [5.74, 6) is -1.47. The van der Waals surface area contributed by atoms with Gasteiger partial charge >= 0.3 is 11.9 Å². The lowest BCUT2D eigenvalue weighted by atomic mass is 10.2. The fourth-order valence-corrected chi connectivity index (χ4v) is 1.74. The molecule has 130 valence electrons. The molecule has 0 rings (SSSR count). The molecular formula is C12H22Br2N2O6. The predicted molar refractivity (Wildman–Crippen MR) is 86.6 cm³/mol. The Hall–Kier alpha value is -0.260. The molecular weight excluding hydrogens is 428 g/mol. The van der Waals surface area contributed by atoms with E-state index in [1.807, 2.05) is 0 Å². The molecule has 0 saturated heterocycles. The summed E-state index contributed by atoms with van der Waals surface area (Å²) in [6, 6.07) is 0. The lowest BCUT2D eigenvalue weighted by Gasteiger charge is -2.25. The van der Waals surface area contributed by atoms with Gasteiger partial charge in [0.25, 0.3) is 0 Å². The van der Waals surface area contributed by atoms with Crippen LogP contribution in [0.15, 0.2) is 0 Å². The first-order valence-corrected chi connectivity index (χ1v) is 8.71. The molecule has 0 aromatic rings. The molecule has 0 heterocycles. The normalized spacial score (nSPS) is 14.0. The van der Waals surface area contributed by atoms with Gasteiger partial charge in [-0.1, -0.05) is 31.9 Å². The first-order valence-electron chi connectivity index (χ1n) is 6.46. The molecule has 0 aliphatic carbocycles. The highest BCUT2D eigenvalue weighted by Gasteiger charge is 2.39. The maximum atomic E-state index is 12.1. The molecule has 0 spiro atoms. The lowest BCUT2D eigenvalue weighted by Crippen LogP contribution is -2.48. The van der Waals surface area contributed by atoms with Crippen molar-refractivity contribution in [3.63, 3.8) is 0 Å². The summed E-state index contributed by atoms with van der Waals surface area (Å²) in [6.07, 6.45) is -2.46. The van der Waals surface area contributed by atoms with Crippen LogP contribution in [0.3, 0.4) is 0 Å². The molecule has 0 aromatic carbocycles. The number of rotatable bonds is 11. The van der Waals surface area contributed by atoms with Gasteiger partial charge in [0.2, 0.25) is 0 Å². The topological polar surface area (TPSA) is 77.5 Å². The Morgan fingerprint density at radius 1 is 0.818 bits per heavy atom. The summed E-state index contributed by atoms with van der Waals surface area (Å²) < 4.78 is 10.8. The summed E-state index contributed by atoms with van der Waals surface area (Å²) in [5.41, 5.74) is 0. The van der Waals surface area contributed by atoms with Crippen LogP contribution in [-0.2, 0) is 28.7 Å². The molecule has 0 radical (unpaired) electrons. The van der Waals surface area contributed by atoms with Crippen molar-refractivity contribution in [2.24, 2.45) is 0 Å². The number of hydroxylamine groups is 4. The van der Waals surface area contributed by atoms with Gasteiger partial charge in [-0.3, -0.25) is 0 Å². The smallest absolute Gasteiger partial charge is 0.357 e. The standard InChI is InChI=1S/C12H22Br2N2O6/c1-15(2)21-11(17)9(19-7-5-13)10(20-8-6-14)12(18)22-16(3)4/h9-10H,5-8H2,1-4H3/t9-,10-/m1/s1. The van der Waals surface area contributed by atoms with Crippen LogP contribution in [0.1, 0.15) is 0 Å². The second kappa shape index (κ2) is 12.2. The number of nitrogens with zero attached hydrogens (tertiary/aromatic N) is 2. The first-order chi connectivity index (χ1) is 10.3. The minimum atomic E-state index is -1.23. The monoisotopic (exact) mass is 448 g/mol. The van der Waals surface area contributed by atoms with E-state index in [2.05, 4.69) is 31.9 Å². The number of carbonyl (C=O) groups is 2. The Labute approximate surface area is 147 Å². The van der Waals surface area contributed by atoms with Gasteiger partial charge in [-0.2, -0.15) is 0 Å². The average Bonchev–Trinajstić information content (AvgIpc) is 2.40. The molecule has 0 bridgehead atoms. The maximum absolute atomic E-state index is 12.1. The van der Waals surface area contributed by atoms with Crippen molar-refractivity contribution in [2.45, 2.75) is 12.2 Å². The van der Waals surface area contributed by atoms with Crippen LogP contribution in [0.25, 0.3) is 0 Å². The number of ether oxygens (including phenoxy) is 2. The Kier molecular flexibility index (Phi) is 12.1. The Bertz CT molecular complexity index is 312. The van der Waals surface area contributed by atoms with Gasteiger partial charge in [-0.15, -0.1) is 10.1 Å². The van der Waals surface area contributed by atoms with E-state index in [4.69, 9.17) is 19.1 Å². The van der Waals surface area contributed by atoms with Crippen LogP contribution in [0, 0.1) is 0 Å². The predicted octanol–water partition coefficient (Wildman–Crippen LogP) is 0.586. The van der Waals surface area contributed by atoms with Crippen molar-refractivity contribution in [3.8, 4) is 0 Å². The van der Waals surface area contributed by atoms with Gasteiger partial charge in [-0.05, 0) is 0 Å². The largest absolute Gasteiger partial charge is 0.366 e. The summed E-state index contributed by atoms with van der Waals surface area (Å²) in [5, 5.41) is 3.41. The van der Waals surface area contributed by atoms with Crippen LogP contribution in [0.2, 0.25) is 0 Å². The highest BCUT2D eigenvalue weighted by atomic mass is 79.9. The van der Waals surface area contributed by atoms with Crippen molar-refractivity contribution >= 4 is 43.8 Å². The van der Waals surface area contributed by atoms with E-state index in [1.54, 1.807) is 28.2 Å². The van der Waals surface area contributed by atoms with Crippen LogP contribution < -0.4 is 0 Å². The Morgan fingerprint density at radius 3 is 1.36 bits per heavy atom. The molecule has 2 atom stereocenters. The Balaban J connectivity index is 5.13.